The van der Waals surface area contributed by atoms with Crippen molar-refractivity contribution in [3.8, 4) is 11.5 Å². The third kappa shape index (κ3) is 2.07. The number of carboxylic acids is 1. The third-order valence-electron chi connectivity index (χ3n) is 3.90. The molecule has 0 saturated carbocycles. The number of carboxylic acid groups (broad SMARTS) is 1. The van der Waals surface area contributed by atoms with E-state index in [4.69, 9.17) is 4.74 Å². The molecule has 3 heterocycles. The minimum Gasteiger partial charge on any atom is -0.549 e. The number of esters is 1. The first-order valence-electron chi connectivity index (χ1n) is 6.61. The summed E-state index contributed by atoms with van der Waals surface area (Å²) in [5.74, 6) is -3.59. The summed E-state index contributed by atoms with van der Waals surface area (Å²) in [6.45, 7) is 0. The molecule has 0 fully saturated rings. The monoisotopic (exact) mass is 350 g/mol. The van der Waals surface area contributed by atoms with Gasteiger partial charge in [0.2, 0.25) is 0 Å². The van der Waals surface area contributed by atoms with Gasteiger partial charge in [0.15, 0.2) is 0 Å². The van der Waals surface area contributed by atoms with Crippen molar-refractivity contribution in [1.82, 2.24) is 4.98 Å². The average Bonchev–Trinajstić information content (AvgIpc) is 2.85. The normalized spacial score (nSPS) is 25.0. The molecule has 0 aliphatic carbocycles. The zero-order valence-electron chi connectivity index (χ0n) is 11.3. The van der Waals surface area contributed by atoms with E-state index in [0.717, 1.165) is 23.1 Å². The van der Waals surface area contributed by atoms with E-state index >= 15 is 0 Å². The number of hydrogen-bond acceptors (Lipinski definition) is 8. The number of thiazole rings is 1. The Labute approximate surface area is 136 Å². The quantitative estimate of drug-likeness (QED) is 0.550. The highest BCUT2D eigenvalue weighted by atomic mass is 32.2. The van der Waals surface area contributed by atoms with Crippen LogP contribution in [0.2, 0.25) is 0 Å². The van der Waals surface area contributed by atoms with Crippen LogP contribution in [-0.4, -0.2) is 27.3 Å². The fraction of sp³-hybridized carbons (Fsp3) is 0.214. The van der Waals surface area contributed by atoms with E-state index in [1.54, 1.807) is 6.07 Å². The van der Waals surface area contributed by atoms with Crippen molar-refractivity contribution >= 4 is 35.0 Å². The molecule has 2 aliphatic rings. The van der Waals surface area contributed by atoms with Crippen molar-refractivity contribution in [1.29, 1.82) is 0 Å². The van der Waals surface area contributed by atoms with Crippen LogP contribution in [0, 0.1) is 5.92 Å². The van der Waals surface area contributed by atoms with Crippen LogP contribution in [0.5, 0.6) is 11.5 Å². The summed E-state index contributed by atoms with van der Waals surface area (Å²) in [6, 6.07) is 4.30. The number of H-pyrrole nitrogens is 1. The van der Waals surface area contributed by atoms with Gasteiger partial charge >= 0.3 is 10.8 Å². The molecule has 0 spiro atoms. The van der Waals surface area contributed by atoms with E-state index in [1.165, 1.54) is 12.1 Å². The Balaban J connectivity index is 1.98. The van der Waals surface area contributed by atoms with Gasteiger partial charge in [-0.3, -0.25) is 9.59 Å². The van der Waals surface area contributed by atoms with Gasteiger partial charge in [0.1, 0.15) is 11.5 Å². The second kappa shape index (κ2) is 4.87. The van der Waals surface area contributed by atoms with Crippen LogP contribution in [-0.2, 0) is 9.59 Å². The number of aromatic nitrogens is 1. The molecule has 1 aromatic heterocycles. The standard InChI is InChI=1S/C14H9NO6S2/c16-4-1-2-5-6(3-4)21-13(19)8-7(5)9-11(15-14(20)23-9)22-10(8)12(17)18/h1-3,7-8,10,16H,(H,15,20)(H,17,18)/p-1/t7-,8+,10-/m0/s1. The first-order valence-corrected chi connectivity index (χ1v) is 8.30. The summed E-state index contributed by atoms with van der Waals surface area (Å²) in [5.41, 5.74) is 0.565. The van der Waals surface area contributed by atoms with E-state index in [0.29, 0.717) is 15.5 Å². The summed E-state index contributed by atoms with van der Waals surface area (Å²) in [4.78, 5) is 38.4. The number of aromatic hydroxyl groups is 1. The number of phenolic OH excluding ortho intramolecular Hbond substituents is 1. The maximum absolute atomic E-state index is 12.3. The zero-order chi connectivity index (χ0) is 16.3. The largest absolute Gasteiger partial charge is 0.549 e. The fourth-order valence-corrected chi connectivity index (χ4v) is 5.38. The molecule has 3 atom stereocenters. The second-order valence-electron chi connectivity index (χ2n) is 5.21. The van der Waals surface area contributed by atoms with Gasteiger partial charge in [0.25, 0.3) is 0 Å². The molecule has 118 valence electrons. The summed E-state index contributed by atoms with van der Waals surface area (Å²) < 4.78 is 5.20. The lowest BCUT2D eigenvalue weighted by Gasteiger charge is -2.39. The number of thioether (sulfide) groups is 1. The lowest BCUT2D eigenvalue weighted by Crippen LogP contribution is -2.48. The Morgan fingerprint density at radius 2 is 2.13 bits per heavy atom. The predicted molar refractivity (Wildman–Crippen MR) is 78.7 cm³/mol. The molecule has 9 heteroatoms. The lowest BCUT2D eigenvalue weighted by molar-refractivity contribution is -0.306. The number of ether oxygens (including phenoxy) is 1. The number of hydrogen-bond donors (Lipinski definition) is 2. The summed E-state index contributed by atoms with van der Waals surface area (Å²) in [6.07, 6.45) is 0. The van der Waals surface area contributed by atoms with Gasteiger partial charge in [-0.2, -0.15) is 0 Å². The third-order valence-corrected chi connectivity index (χ3v) is 6.29. The molecule has 4 rings (SSSR count). The Hall–Kier alpha value is -2.26. The van der Waals surface area contributed by atoms with Crippen LogP contribution >= 0.6 is 23.1 Å². The van der Waals surface area contributed by atoms with E-state index in [1.807, 2.05) is 0 Å². The molecule has 7 nitrogen and oxygen atoms in total. The van der Waals surface area contributed by atoms with Crippen LogP contribution in [0.4, 0.5) is 0 Å². The van der Waals surface area contributed by atoms with Crippen LogP contribution in [0.1, 0.15) is 16.4 Å². The number of aliphatic carboxylic acids is 1. The molecule has 23 heavy (non-hydrogen) atoms. The van der Waals surface area contributed by atoms with Crippen LogP contribution in [0.3, 0.4) is 0 Å². The summed E-state index contributed by atoms with van der Waals surface area (Å²) in [5, 5.41) is 20.3. The van der Waals surface area contributed by atoms with Gasteiger partial charge < -0.3 is 24.7 Å². The molecular formula is C14H8NO6S2-. The smallest absolute Gasteiger partial charge is 0.316 e. The highest BCUT2D eigenvalue weighted by Crippen LogP contribution is 2.53. The number of rotatable bonds is 1. The van der Waals surface area contributed by atoms with Crippen molar-refractivity contribution in [3.63, 3.8) is 0 Å². The van der Waals surface area contributed by atoms with Crippen molar-refractivity contribution in [2.24, 2.45) is 5.92 Å². The topological polar surface area (TPSA) is 120 Å². The molecule has 1 aromatic carbocycles. The van der Waals surface area contributed by atoms with E-state index in [2.05, 4.69) is 4.98 Å². The molecule has 0 radical (unpaired) electrons. The van der Waals surface area contributed by atoms with E-state index in [9.17, 15) is 24.6 Å². The Morgan fingerprint density at radius 3 is 2.87 bits per heavy atom. The van der Waals surface area contributed by atoms with Gasteiger partial charge in [-0.15, -0.1) is 0 Å². The number of phenols is 1. The summed E-state index contributed by atoms with van der Waals surface area (Å²) >= 11 is 1.84. The highest BCUT2D eigenvalue weighted by Gasteiger charge is 2.49. The number of benzene rings is 1. The van der Waals surface area contributed by atoms with E-state index in [-0.39, 0.29) is 16.4 Å². The SMILES string of the molecule is O=C1Oc2cc(O)ccc2[C@@H]2c3sc(=O)[nH]c3S[C@H](C(=O)[O-])[C@H]12. The van der Waals surface area contributed by atoms with Gasteiger partial charge in [-0.1, -0.05) is 29.2 Å². The molecular weight excluding hydrogens is 342 g/mol. The number of aromatic amines is 1. The zero-order valence-corrected chi connectivity index (χ0v) is 12.9. The van der Waals surface area contributed by atoms with Crippen molar-refractivity contribution in [2.75, 3.05) is 0 Å². The second-order valence-corrected chi connectivity index (χ2v) is 7.38. The van der Waals surface area contributed by atoms with Gasteiger partial charge in [-0.25, -0.2) is 0 Å². The molecule has 2 aromatic rings. The van der Waals surface area contributed by atoms with Crippen LogP contribution in [0.25, 0.3) is 0 Å². The molecule has 0 amide bonds. The maximum atomic E-state index is 12.3. The van der Waals surface area contributed by atoms with Crippen molar-refractivity contribution in [3.05, 3.63) is 38.3 Å². The predicted octanol–water partition coefficient (Wildman–Crippen LogP) is 0.0333. The molecule has 0 unspecified atom stereocenters. The molecule has 0 bridgehead atoms. The minimum absolute atomic E-state index is 0.0703. The maximum Gasteiger partial charge on any atom is 0.316 e. The minimum atomic E-state index is -1.39. The first kappa shape index (κ1) is 14.3. The van der Waals surface area contributed by atoms with Gasteiger partial charge in [0.05, 0.1) is 22.2 Å². The van der Waals surface area contributed by atoms with Crippen LogP contribution < -0.4 is 14.7 Å². The Bertz CT molecular complexity index is 901. The lowest BCUT2D eigenvalue weighted by atomic mass is 9.80. The molecule has 2 N–H and O–H groups in total. The highest BCUT2D eigenvalue weighted by molar-refractivity contribution is 8.00. The average molecular weight is 350 g/mol. The van der Waals surface area contributed by atoms with E-state index < -0.39 is 29.0 Å². The molecule has 2 aliphatic heterocycles. The first-order chi connectivity index (χ1) is 11.0. The van der Waals surface area contributed by atoms with Crippen LogP contribution in [0.15, 0.2) is 28.0 Å². The number of carbonyl (C=O) groups is 2. The van der Waals surface area contributed by atoms with Gasteiger partial charge in [0, 0.05) is 22.4 Å². The number of fused-ring (bicyclic) bond motifs is 5. The van der Waals surface area contributed by atoms with Crippen molar-refractivity contribution in [2.45, 2.75) is 16.2 Å². The Morgan fingerprint density at radius 1 is 1.35 bits per heavy atom. The van der Waals surface area contributed by atoms with Crippen molar-refractivity contribution < 1.29 is 24.5 Å². The summed E-state index contributed by atoms with van der Waals surface area (Å²) in [7, 11) is 0. The van der Waals surface area contributed by atoms with Gasteiger partial charge in [-0.05, 0) is 6.07 Å². The number of nitrogens with one attached hydrogen (secondary N) is 1. The molecule has 0 saturated heterocycles. The fourth-order valence-electron chi connectivity index (χ4n) is 2.99. The number of carbonyl (C=O) groups excluding carboxylic acids is 2. The Kier molecular flexibility index (Phi) is 3.03.